The summed E-state index contributed by atoms with van der Waals surface area (Å²) in [7, 11) is 5.45. The van der Waals surface area contributed by atoms with E-state index < -0.39 is 0 Å². The van der Waals surface area contributed by atoms with Crippen LogP contribution in [0.3, 0.4) is 0 Å². The highest BCUT2D eigenvalue weighted by molar-refractivity contribution is 5.80. The largest absolute Gasteiger partial charge is 0.384 e. The number of methoxy groups -OCH3 is 2. The van der Waals surface area contributed by atoms with E-state index in [0.29, 0.717) is 12.0 Å². The van der Waals surface area contributed by atoms with Crippen LogP contribution in [0.2, 0.25) is 0 Å². The molecule has 2 aliphatic rings. The van der Waals surface area contributed by atoms with Crippen LogP contribution in [0.5, 0.6) is 0 Å². The van der Waals surface area contributed by atoms with Crippen molar-refractivity contribution in [3.8, 4) is 0 Å². The average molecular weight is 297 g/mol. The molecule has 3 atom stereocenters. The van der Waals surface area contributed by atoms with Gasteiger partial charge in [0.25, 0.3) is 0 Å². The standard InChI is InChI=1S/C16H31N3O2/c1-15(2)13(9-16(15,3)21-6)18-14(17-4)19-8-7-12(10-19)11-20-5/h12-13H,7-11H2,1-6H3,(H,17,18). The Bertz CT molecular complexity index is 397. The predicted molar refractivity (Wildman–Crippen MR) is 85.7 cm³/mol. The lowest BCUT2D eigenvalue weighted by atomic mass is 9.56. The molecule has 1 aliphatic carbocycles. The lowest BCUT2D eigenvalue weighted by Crippen LogP contribution is -2.69. The Labute approximate surface area is 129 Å². The molecular formula is C16H31N3O2. The fraction of sp³-hybridized carbons (Fsp3) is 0.938. The van der Waals surface area contributed by atoms with E-state index in [-0.39, 0.29) is 11.0 Å². The molecule has 0 aromatic heterocycles. The second-order valence-electron chi connectivity index (χ2n) is 7.16. The van der Waals surface area contributed by atoms with E-state index in [1.54, 1.807) is 7.11 Å². The van der Waals surface area contributed by atoms with Gasteiger partial charge in [-0.1, -0.05) is 13.8 Å². The van der Waals surface area contributed by atoms with Crippen LogP contribution < -0.4 is 5.32 Å². The molecule has 1 aliphatic heterocycles. The Kier molecular flexibility index (Phi) is 4.83. The Morgan fingerprint density at radius 3 is 2.57 bits per heavy atom. The zero-order valence-electron chi connectivity index (χ0n) is 14.4. The molecule has 1 saturated heterocycles. The van der Waals surface area contributed by atoms with Gasteiger partial charge in [0.05, 0.1) is 12.2 Å². The molecular weight excluding hydrogens is 266 g/mol. The minimum absolute atomic E-state index is 0.0485. The summed E-state index contributed by atoms with van der Waals surface area (Å²) in [6.45, 7) is 9.65. The van der Waals surface area contributed by atoms with Gasteiger partial charge in [-0.25, -0.2) is 0 Å². The van der Waals surface area contributed by atoms with Gasteiger partial charge in [-0.05, 0) is 19.8 Å². The quantitative estimate of drug-likeness (QED) is 0.634. The van der Waals surface area contributed by atoms with E-state index in [9.17, 15) is 0 Å². The highest BCUT2D eigenvalue weighted by atomic mass is 16.5. The number of hydrogen-bond donors (Lipinski definition) is 1. The van der Waals surface area contributed by atoms with Crippen molar-refractivity contribution in [2.24, 2.45) is 16.3 Å². The van der Waals surface area contributed by atoms with Crippen LogP contribution in [0.15, 0.2) is 4.99 Å². The fourth-order valence-corrected chi connectivity index (χ4v) is 3.57. The predicted octanol–water partition coefficient (Wildman–Crippen LogP) is 1.73. The molecule has 0 spiro atoms. The summed E-state index contributed by atoms with van der Waals surface area (Å²) in [5.41, 5.74) is 0.0520. The summed E-state index contributed by atoms with van der Waals surface area (Å²) in [4.78, 5) is 6.82. The van der Waals surface area contributed by atoms with Crippen molar-refractivity contribution in [2.45, 2.75) is 45.3 Å². The van der Waals surface area contributed by atoms with Crippen molar-refractivity contribution in [1.29, 1.82) is 0 Å². The van der Waals surface area contributed by atoms with Crippen molar-refractivity contribution >= 4 is 5.96 Å². The molecule has 21 heavy (non-hydrogen) atoms. The second-order valence-corrected chi connectivity index (χ2v) is 7.16. The first-order valence-electron chi connectivity index (χ1n) is 7.90. The van der Waals surface area contributed by atoms with Crippen molar-refractivity contribution in [3.05, 3.63) is 0 Å². The number of nitrogens with one attached hydrogen (secondary N) is 1. The second kappa shape index (κ2) is 6.13. The summed E-state index contributed by atoms with van der Waals surface area (Å²) >= 11 is 0. The maximum atomic E-state index is 5.70. The van der Waals surface area contributed by atoms with Gasteiger partial charge in [0.2, 0.25) is 0 Å². The third-order valence-electron chi connectivity index (χ3n) is 5.78. The van der Waals surface area contributed by atoms with E-state index >= 15 is 0 Å². The van der Waals surface area contributed by atoms with Crippen molar-refractivity contribution in [2.75, 3.05) is 41.0 Å². The molecule has 0 aromatic carbocycles. The van der Waals surface area contributed by atoms with Gasteiger partial charge in [0.1, 0.15) is 0 Å². The van der Waals surface area contributed by atoms with E-state index in [1.165, 1.54) is 6.42 Å². The first-order chi connectivity index (χ1) is 9.87. The van der Waals surface area contributed by atoms with Crippen molar-refractivity contribution < 1.29 is 9.47 Å². The zero-order valence-corrected chi connectivity index (χ0v) is 14.4. The minimum atomic E-state index is -0.0485. The summed E-state index contributed by atoms with van der Waals surface area (Å²) in [6.07, 6.45) is 2.20. The molecule has 1 N–H and O–H groups in total. The van der Waals surface area contributed by atoms with Crippen LogP contribution in [-0.4, -0.2) is 63.5 Å². The SMILES string of the molecule is CN=C(NC1CC(C)(OC)C1(C)C)N1CCC(COC)C1. The normalized spacial score (nSPS) is 35.7. The summed E-state index contributed by atoms with van der Waals surface area (Å²) in [5, 5.41) is 3.64. The molecule has 3 unspecified atom stereocenters. The Morgan fingerprint density at radius 2 is 2.05 bits per heavy atom. The van der Waals surface area contributed by atoms with Crippen LogP contribution >= 0.6 is 0 Å². The van der Waals surface area contributed by atoms with E-state index in [1.807, 2.05) is 14.2 Å². The monoisotopic (exact) mass is 297 g/mol. The Morgan fingerprint density at radius 1 is 1.33 bits per heavy atom. The number of nitrogens with zero attached hydrogens (tertiary/aromatic N) is 2. The lowest BCUT2D eigenvalue weighted by Gasteiger charge is -2.59. The van der Waals surface area contributed by atoms with Gasteiger partial charge in [-0.15, -0.1) is 0 Å². The molecule has 0 amide bonds. The number of rotatable bonds is 4. The van der Waals surface area contributed by atoms with Crippen LogP contribution in [0.1, 0.15) is 33.6 Å². The molecule has 2 rings (SSSR count). The molecule has 5 nitrogen and oxygen atoms in total. The smallest absolute Gasteiger partial charge is 0.193 e. The van der Waals surface area contributed by atoms with Crippen LogP contribution in [-0.2, 0) is 9.47 Å². The molecule has 1 saturated carbocycles. The molecule has 0 aromatic rings. The van der Waals surface area contributed by atoms with Gasteiger partial charge in [0, 0.05) is 51.7 Å². The van der Waals surface area contributed by atoms with Crippen molar-refractivity contribution in [3.63, 3.8) is 0 Å². The van der Waals surface area contributed by atoms with Gasteiger partial charge >= 0.3 is 0 Å². The van der Waals surface area contributed by atoms with Gasteiger partial charge in [0.15, 0.2) is 5.96 Å². The highest BCUT2D eigenvalue weighted by Gasteiger charge is 2.58. The van der Waals surface area contributed by atoms with Crippen molar-refractivity contribution in [1.82, 2.24) is 10.2 Å². The van der Waals surface area contributed by atoms with Crippen LogP contribution in [0.4, 0.5) is 0 Å². The summed E-state index contributed by atoms with van der Waals surface area (Å²) < 4.78 is 11.0. The lowest BCUT2D eigenvalue weighted by molar-refractivity contribution is -0.176. The number of likely N-dealkylation sites (tertiary alicyclic amines) is 1. The first kappa shape index (κ1) is 16.6. The molecule has 0 radical (unpaired) electrons. The molecule has 5 heteroatoms. The third-order valence-corrected chi connectivity index (χ3v) is 5.78. The maximum Gasteiger partial charge on any atom is 0.193 e. The average Bonchev–Trinajstić information content (AvgIpc) is 2.91. The van der Waals surface area contributed by atoms with Gasteiger partial charge in [-0.2, -0.15) is 0 Å². The van der Waals surface area contributed by atoms with Crippen LogP contribution in [0, 0.1) is 11.3 Å². The minimum Gasteiger partial charge on any atom is -0.384 e. The van der Waals surface area contributed by atoms with Crippen LogP contribution in [0.25, 0.3) is 0 Å². The summed E-state index contributed by atoms with van der Waals surface area (Å²) in [5.74, 6) is 1.64. The van der Waals surface area contributed by atoms with E-state index in [4.69, 9.17) is 9.47 Å². The Balaban J connectivity index is 1.93. The summed E-state index contributed by atoms with van der Waals surface area (Å²) in [6, 6.07) is 0.405. The molecule has 0 bridgehead atoms. The zero-order chi connectivity index (χ0) is 15.7. The van der Waals surface area contributed by atoms with Gasteiger partial charge < -0.3 is 19.7 Å². The number of aliphatic imine (C=N–C) groups is 1. The highest BCUT2D eigenvalue weighted by Crippen LogP contribution is 2.51. The maximum absolute atomic E-state index is 5.70. The molecule has 122 valence electrons. The van der Waals surface area contributed by atoms with E-state index in [2.05, 4.69) is 36.0 Å². The number of guanidine groups is 1. The number of hydrogen-bond acceptors (Lipinski definition) is 3. The molecule has 1 heterocycles. The third kappa shape index (κ3) is 2.90. The Hall–Kier alpha value is -0.810. The van der Waals surface area contributed by atoms with Gasteiger partial charge in [-0.3, -0.25) is 4.99 Å². The topological polar surface area (TPSA) is 46.1 Å². The fourth-order valence-electron chi connectivity index (χ4n) is 3.57. The van der Waals surface area contributed by atoms with E-state index in [0.717, 1.165) is 32.1 Å². The first-order valence-corrected chi connectivity index (χ1v) is 7.90. The number of ether oxygens (including phenoxy) is 2. The molecule has 2 fully saturated rings.